The molecule has 1 saturated heterocycles. The molecule has 0 amide bonds. The Labute approximate surface area is 149 Å². The van der Waals surface area contributed by atoms with Crippen LogP contribution < -0.4 is 5.32 Å². The Morgan fingerprint density at radius 2 is 2.04 bits per heavy atom. The van der Waals surface area contributed by atoms with Crippen LogP contribution >= 0.6 is 15.9 Å². The molecule has 0 atom stereocenters. The molecule has 0 spiro atoms. The van der Waals surface area contributed by atoms with Crippen LogP contribution in [0.1, 0.15) is 24.8 Å². The lowest BCUT2D eigenvalue weighted by atomic mass is 9.94. The van der Waals surface area contributed by atoms with Crippen LogP contribution in [0.15, 0.2) is 33.7 Å². The number of nitrogens with zero attached hydrogens (tertiary/aromatic N) is 3. The van der Waals surface area contributed by atoms with E-state index < -0.39 is 0 Å². The monoisotopic (exact) mass is 380 g/mol. The maximum atomic E-state index is 4.42. The fourth-order valence-corrected chi connectivity index (χ4v) is 3.49. The molecule has 0 bridgehead atoms. The molecule has 23 heavy (non-hydrogen) atoms. The first-order chi connectivity index (χ1) is 11.1. The average Bonchev–Trinajstić information content (AvgIpc) is 2.55. The van der Waals surface area contributed by atoms with E-state index in [1.54, 1.807) is 0 Å². The summed E-state index contributed by atoms with van der Waals surface area (Å²) in [5.41, 5.74) is 1.27. The standard InChI is InChI=1S/C18H29BrN4/c1-20-18(21-11-8-15-9-12-22(2)13-10-15)23(3)14-16-6-4-5-7-17(16)19/h4-7,15H,8-14H2,1-3H3,(H,20,21). The van der Waals surface area contributed by atoms with Gasteiger partial charge >= 0.3 is 0 Å². The second-order valence-electron chi connectivity index (χ2n) is 6.46. The lowest BCUT2D eigenvalue weighted by Crippen LogP contribution is -2.40. The second kappa shape index (κ2) is 9.28. The van der Waals surface area contributed by atoms with Gasteiger partial charge in [0.1, 0.15) is 0 Å². The molecule has 4 nitrogen and oxygen atoms in total. The molecule has 1 aromatic carbocycles. The van der Waals surface area contributed by atoms with Crippen molar-refractivity contribution in [2.75, 3.05) is 40.8 Å². The maximum Gasteiger partial charge on any atom is 0.193 e. The Kier molecular flexibility index (Phi) is 7.37. The van der Waals surface area contributed by atoms with Crippen LogP contribution in [-0.2, 0) is 6.54 Å². The molecule has 0 saturated carbocycles. The van der Waals surface area contributed by atoms with Gasteiger partial charge in [0.15, 0.2) is 5.96 Å². The summed E-state index contributed by atoms with van der Waals surface area (Å²) in [7, 11) is 6.16. The van der Waals surface area contributed by atoms with E-state index in [0.717, 1.165) is 29.4 Å². The summed E-state index contributed by atoms with van der Waals surface area (Å²) < 4.78 is 1.15. The summed E-state index contributed by atoms with van der Waals surface area (Å²) in [6, 6.07) is 8.35. The molecular formula is C18H29BrN4. The molecule has 0 aliphatic carbocycles. The Hall–Kier alpha value is -1.07. The lowest BCUT2D eigenvalue weighted by Gasteiger charge is -2.29. The Morgan fingerprint density at radius 1 is 1.35 bits per heavy atom. The van der Waals surface area contributed by atoms with E-state index in [9.17, 15) is 0 Å². The van der Waals surface area contributed by atoms with Gasteiger partial charge in [-0.3, -0.25) is 4.99 Å². The van der Waals surface area contributed by atoms with Crippen molar-refractivity contribution < 1.29 is 0 Å². The third kappa shape index (κ3) is 5.81. The van der Waals surface area contributed by atoms with E-state index in [4.69, 9.17) is 0 Å². The van der Waals surface area contributed by atoms with E-state index in [0.29, 0.717) is 0 Å². The fraction of sp³-hybridized carbons (Fsp3) is 0.611. The Balaban J connectivity index is 1.77. The molecule has 128 valence electrons. The number of hydrogen-bond donors (Lipinski definition) is 1. The zero-order valence-electron chi connectivity index (χ0n) is 14.6. The summed E-state index contributed by atoms with van der Waals surface area (Å²) in [6.07, 6.45) is 3.88. The molecule has 0 aromatic heterocycles. The highest BCUT2D eigenvalue weighted by atomic mass is 79.9. The Bertz CT molecular complexity index is 509. The minimum Gasteiger partial charge on any atom is -0.356 e. The van der Waals surface area contributed by atoms with Crippen LogP contribution in [0.25, 0.3) is 0 Å². The van der Waals surface area contributed by atoms with Gasteiger partial charge in [-0.25, -0.2) is 0 Å². The topological polar surface area (TPSA) is 30.9 Å². The molecule has 1 aliphatic heterocycles. The molecule has 5 heteroatoms. The molecular weight excluding hydrogens is 352 g/mol. The highest BCUT2D eigenvalue weighted by Crippen LogP contribution is 2.19. The zero-order valence-corrected chi connectivity index (χ0v) is 16.1. The summed E-state index contributed by atoms with van der Waals surface area (Å²) >= 11 is 3.61. The van der Waals surface area contributed by atoms with Gasteiger partial charge in [-0.05, 0) is 56.9 Å². The number of hydrogen-bond acceptors (Lipinski definition) is 2. The lowest BCUT2D eigenvalue weighted by molar-refractivity contribution is 0.212. The van der Waals surface area contributed by atoms with E-state index in [1.165, 1.54) is 37.9 Å². The molecule has 1 aliphatic rings. The maximum absolute atomic E-state index is 4.42. The van der Waals surface area contributed by atoms with Crippen LogP contribution in [0.5, 0.6) is 0 Å². The van der Waals surface area contributed by atoms with Gasteiger partial charge < -0.3 is 15.1 Å². The SMILES string of the molecule is CN=C(NCCC1CCN(C)CC1)N(C)Cc1ccccc1Br. The van der Waals surface area contributed by atoms with Gasteiger partial charge in [0, 0.05) is 31.7 Å². The highest BCUT2D eigenvalue weighted by Gasteiger charge is 2.16. The molecule has 2 rings (SSSR count). The van der Waals surface area contributed by atoms with Gasteiger partial charge in [-0.1, -0.05) is 34.1 Å². The number of guanidine groups is 1. The minimum atomic E-state index is 0.843. The van der Waals surface area contributed by atoms with Crippen LogP contribution in [0, 0.1) is 5.92 Å². The van der Waals surface area contributed by atoms with Gasteiger partial charge in [0.25, 0.3) is 0 Å². The fourth-order valence-electron chi connectivity index (χ4n) is 3.08. The number of aliphatic imine (C=N–C) groups is 1. The average molecular weight is 381 g/mol. The van der Waals surface area contributed by atoms with Gasteiger partial charge in [0.05, 0.1) is 0 Å². The summed E-state index contributed by atoms with van der Waals surface area (Å²) in [5.74, 6) is 1.82. The van der Waals surface area contributed by atoms with E-state index in [2.05, 4.69) is 68.3 Å². The van der Waals surface area contributed by atoms with Crippen molar-refractivity contribution in [3.8, 4) is 0 Å². The van der Waals surface area contributed by atoms with Gasteiger partial charge in [-0.2, -0.15) is 0 Å². The predicted octanol–water partition coefficient (Wildman–Crippen LogP) is 3.19. The van der Waals surface area contributed by atoms with Crippen LogP contribution in [-0.4, -0.2) is 56.5 Å². The number of nitrogens with one attached hydrogen (secondary N) is 1. The quantitative estimate of drug-likeness (QED) is 0.628. The third-order valence-corrected chi connectivity index (χ3v) is 5.39. The summed E-state index contributed by atoms with van der Waals surface area (Å²) in [6.45, 7) is 4.32. The smallest absolute Gasteiger partial charge is 0.193 e. The summed E-state index contributed by atoms with van der Waals surface area (Å²) in [4.78, 5) is 9.02. The van der Waals surface area contributed by atoms with Crippen LogP contribution in [0.3, 0.4) is 0 Å². The van der Waals surface area contributed by atoms with Crippen molar-refractivity contribution in [2.24, 2.45) is 10.9 Å². The molecule has 0 radical (unpaired) electrons. The zero-order chi connectivity index (χ0) is 16.7. The number of benzene rings is 1. The Morgan fingerprint density at radius 3 is 2.70 bits per heavy atom. The van der Waals surface area contributed by atoms with Crippen molar-refractivity contribution >= 4 is 21.9 Å². The number of rotatable bonds is 5. The van der Waals surface area contributed by atoms with Crippen molar-refractivity contribution in [3.05, 3.63) is 34.3 Å². The largest absolute Gasteiger partial charge is 0.356 e. The van der Waals surface area contributed by atoms with Crippen LogP contribution in [0.4, 0.5) is 0 Å². The first-order valence-corrected chi connectivity index (χ1v) is 9.23. The number of halogens is 1. The van der Waals surface area contributed by atoms with E-state index >= 15 is 0 Å². The second-order valence-corrected chi connectivity index (χ2v) is 7.31. The molecule has 1 heterocycles. The number of piperidine rings is 1. The molecule has 1 aromatic rings. The van der Waals surface area contributed by atoms with Crippen molar-refractivity contribution in [3.63, 3.8) is 0 Å². The van der Waals surface area contributed by atoms with Gasteiger partial charge in [-0.15, -0.1) is 0 Å². The minimum absolute atomic E-state index is 0.843. The predicted molar refractivity (Wildman–Crippen MR) is 102 cm³/mol. The molecule has 0 unspecified atom stereocenters. The van der Waals surface area contributed by atoms with Gasteiger partial charge in [0.2, 0.25) is 0 Å². The van der Waals surface area contributed by atoms with Crippen molar-refractivity contribution in [2.45, 2.75) is 25.8 Å². The van der Waals surface area contributed by atoms with Crippen LogP contribution in [0.2, 0.25) is 0 Å². The summed E-state index contributed by atoms with van der Waals surface area (Å²) in [5, 5.41) is 3.51. The normalized spacial score (nSPS) is 17.3. The number of likely N-dealkylation sites (tertiary alicyclic amines) is 1. The first kappa shape index (κ1) is 18.3. The van der Waals surface area contributed by atoms with E-state index in [-0.39, 0.29) is 0 Å². The third-order valence-electron chi connectivity index (χ3n) is 4.61. The highest BCUT2D eigenvalue weighted by molar-refractivity contribution is 9.10. The van der Waals surface area contributed by atoms with Crippen molar-refractivity contribution in [1.82, 2.24) is 15.1 Å². The van der Waals surface area contributed by atoms with Crippen molar-refractivity contribution in [1.29, 1.82) is 0 Å². The first-order valence-electron chi connectivity index (χ1n) is 8.44. The molecule has 1 fully saturated rings. The molecule has 1 N–H and O–H groups in total. The van der Waals surface area contributed by atoms with E-state index in [1.807, 2.05) is 13.1 Å².